The lowest BCUT2D eigenvalue weighted by Gasteiger charge is -2.32. The molecule has 72 valence electrons. The van der Waals surface area contributed by atoms with Crippen LogP contribution in [-0.4, -0.2) is 26.2 Å². The zero-order valence-corrected chi connectivity index (χ0v) is 9.03. The third-order valence-corrected chi connectivity index (χ3v) is 3.34. The van der Waals surface area contributed by atoms with Gasteiger partial charge in [0.25, 0.3) is 0 Å². The minimum Gasteiger partial charge on any atom is -0.393 e. The molecule has 1 fully saturated rings. The molecule has 4 nitrogen and oxygen atoms in total. The number of aromatic nitrogens is 3. The van der Waals surface area contributed by atoms with Gasteiger partial charge in [0.2, 0.25) is 0 Å². The Bertz CT molecular complexity index is 293. The number of hydrogen-bond donors (Lipinski definition) is 1. The first-order chi connectivity index (χ1) is 6.18. The van der Waals surface area contributed by atoms with Gasteiger partial charge < -0.3 is 5.11 Å². The van der Waals surface area contributed by atoms with Crippen LogP contribution in [0.5, 0.6) is 0 Å². The summed E-state index contributed by atoms with van der Waals surface area (Å²) in [4.78, 5) is 0. The van der Waals surface area contributed by atoms with Crippen molar-refractivity contribution < 1.29 is 5.11 Å². The van der Waals surface area contributed by atoms with Gasteiger partial charge in [0, 0.05) is 7.05 Å². The van der Waals surface area contributed by atoms with Gasteiger partial charge in [-0.3, -0.25) is 4.68 Å². The second kappa shape index (κ2) is 3.38. The lowest BCUT2D eigenvalue weighted by molar-refractivity contribution is 0.0234. The van der Waals surface area contributed by atoms with Crippen molar-refractivity contribution in [2.45, 2.75) is 25.4 Å². The maximum atomic E-state index is 9.42. The van der Waals surface area contributed by atoms with Crippen molar-refractivity contribution >= 4 is 15.9 Å². The number of aliphatic hydroxyl groups excluding tert-OH is 1. The molecule has 2 rings (SSSR count). The topological polar surface area (TPSA) is 50.9 Å². The monoisotopic (exact) mass is 245 g/mol. The van der Waals surface area contributed by atoms with E-state index in [-0.39, 0.29) is 6.10 Å². The first kappa shape index (κ1) is 9.15. The number of nitrogens with zero attached hydrogens (tertiary/aromatic N) is 3. The summed E-state index contributed by atoms with van der Waals surface area (Å²) in [5, 5.41) is 17.2. The molecule has 0 bridgehead atoms. The fraction of sp³-hybridized carbons (Fsp3) is 0.750. The normalized spacial score (nSPS) is 27.3. The van der Waals surface area contributed by atoms with E-state index in [9.17, 15) is 5.11 Å². The van der Waals surface area contributed by atoms with Crippen LogP contribution in [0.3, 0.4) is 0 Å². The molecule has 13 heavy (non-hydrogen) atoms. The van der Waals surface area contributed by atoms with E-state index in [0.717, 1.165) is 29.6 Å². The molecule has 2 unspecified atom stereocenters. The molecule has 2 atom stereocenters. The minimum absolute atomic E-state index is 0.123. The van der Waals surface area contributed by atoms with Gasteiger partial charge in [0.15, 0.2) is 4.60 Å². The minimum atomic E-state index is -0.123. The number of hydrogen-bond acceptors (Lipinski definition) is 3. The Morgan fingerprint density at radius 3 is 2.77 bits per heavy atom. The summed E-state index contributed by atoms with van der Waals surface area (Å²) < 4.78 is 2.56. The van der Waals surface area contributed by atoms with Gasteiger partial charge in [-0.05, 0) is 41.1 Å². The number of aliphatic hydroxyl groups is 1. The largest absolute Gasteiger partial charge is 0.393 e. The average Bonchev–Trinajstić information content (AvgIpc) is 2.41. The highest BCUT2D eigenvalue weighted by atomic mass is 79.9. The summed E-state index contributed by atoms with van der Waals surface area (Å²) in [5.74, 6) is 0.397. The first-order valence-electron chi connectivity index (χ1n) is 4.40. The number of aryl methyl sites for hydroxylation is 1. The predicted molar refractivity (Wildman–Crippen MR) is 51.1 cm³/mol. The lowest BCUT2D eigenvalue weighted by atomic mass is 9.79. The molecule has 0 radical (unpaired) electrons. The van der Waals surface area contributed by atoms with E-state index < -0.39 is 0 Å². The van der Waals surface area contributed by atoms with Crippen molar-refractivity contribution in [3.05, 3.63) is 10.3 Å². The Balaban J connectivity index is 2.08. The average molecular weight is 246 g/mol. The Kier molecular flexibility index (Phi) is 2.38. The fourth-order valence-corrected chi connectivity index (χ4v) is 2.10. The van der Waals surface area contributed by atoms with Crippen LogP contribution in [0, 0.1) is 5.92 Å². The molecule has 1 aromatic heterocycles. The van der Waals surface area contributed by atoms with Crippen LogP contribution in [0.25, 0.3) is 0 Å². The molecular formula is C8H12BrN3O. The molecule has 1 aliphatic carbocycles. The third kappa shape index (κ3) is 1.62. The molecule has 1 saturated carbocycles. The molecule has 0 aliphatic heterocycles. The summed E-state index contributed by atoms with van der Waals surface area (Å²) in [7, 11) is 1.87. The van der Waals surface area contributed by atoms with Crippen molar-refractivity contribution in [2.24, 2.45) is 13.0 Å². The van der Waals surface area contributed by atoms with E-state index >= 15 is 0 Å². The Morgan fingerprint density at radius 1 is 1.62 bits per heavy atom. The smallest absolute Gasteiger partial charge is 0.151 e. The van der Waals surface area contributed by atoms with Crippen molar-refractivity contribution in [2.75, 3.05) is 0 Å². The summed E-state index contributed by atoms with van der Waals surface area (Å²) in [6.07, 6.45) is 2.79. The van der Waals surface area contributed by atoms with Gasteiger partial charge in [-0.1, -0.05) is 5.21 Å². The molecule has 0 spiro atoms. The Hall–Kier alpha value is -0.420. The van der Waals surface area contributed by atoms with E-state index in [0.29, 0.717) is 5.92 Å². The SMILES string of the molecule is Cn1nnc(Br)c1CC1CCC1O. The third-order valence-electron chi connectivity index (χ3n) is 2.73. The molecule has 1 heterocycles. The van der Waals surface area contributed by atoms with E-state index in [4.69, 9.17) is 0 Å². The molecule has 0 aromatic carbocycles. The van der Waals surface area contributed by atoms with Crippen molar-refractivity contribution in [3.63, 3.8) is 0 Å². The van der Waals surface area contributed by atoms with E-state index in [1.54, 1.807) is 4.68 Å². The van der Waals surface area contributed by atoms with Crippen LogP contribution >= 0.6 is 15.9 Å². The van der Waals surface area contributed by atoms with Gasteiger partial charge >= 0.3 is 0 Å². The van der Waals surface area contributed by atoms with E-state index in [1.165, 1.54) is 0 Å². The van der Waals surface area contributed by atoms with Crippen LogP contribution in [0.2, 0.25) is 0 Å². The Labute approximate surface area is 85.1 Å². The zero-order chi connectivity index (χ0) is 9.42. The molecule has 1 aromatic rings. The molecule has 0 saturated heterocycles. The van der Waals surface area contributed by atoms with Crippen LogP contribution in [0.15, 0.2) is 4.60 Å². The predicted octanol–water partition coefficient (Wildman–Crippen LogP) is 0.891. The molecule has 5 heteroatoms. The van der Waals surface area contributed by atoms with Crippen LogP contribution in [0.1, 0.15) is 18.5 Å². The van der Waals surface area contributed by atoms with Crippen LogP contribution in [0.4, 0.5) is 0 Å². The zero-order valence-electron chi connectivity index (χ0n) is 7.44. The highest BCUT2D eigenvalue weighted by molar-refractivity contribution is 9.10. The number of rotatable bonds is 2. The molecular weight excluding hydrogens is 234 g/mol. The van der Waals surface area contributed by atoms with Crippen LogP contribution < -0.4 is 0 Å². The summed E-state index contributed by atoms with van der Waals surface area (Å²) in [6.45, 7) is 0. The van der Waals surface area contributed by atoms with Crippen molar-refractivity contribution in [3.8, 4) is 0 Å². The van der Waals surface area contributed by atoms with Crippen LogP contribution in [-0.2, 0) is 13.5 Å². The quantitative estimate of drug-likeness (QED) is 0.843. The Morgan fingerprint density at radius 2 is 2.38 bits per heavy atom. The summed E-state index contributed by atoms with van der Waals surface area (Å²) in [5.41, 5.74) is 1.07. The standard InChI is InChI=1S/C8H12BrN3O/c1-12-6(8(9)10-11-12)4-5-2-3-7(5)13/h5,7,13H,2-4H2,1H3. The van der Waals surface area contributed by atoms with Gasteiger partial charge in [-0.25, -0.2) is 0 Å². The summed E-state index contributed by atoms with van der Waals surface area (Å²) >= 11 is 3.34. The number of halogens is 1. The van der Waals surface area contributed by atoms with Gasteiger partial charge in [-0.2, -0.15) is 0 Å². The maximum Gasteiger partial charge on any atom is 0.151 e. The molecule has 0 amide bonds. The second-order valence-corrected chi connectivity index (χ2v) is 4.31. The highest BCUT2D eigenvalue weighted by Gasteiger charge is 2.30. The fourth-order valence-electron chi connectivity index (χ4n) is 1.61. The maximum absolute atomic E-state index is 9.42. The summed E-state index contributed by atoms with van der Waals surface area (Å²) in [6, 6.07) is 0. The van der Waals surface area contributed by atoms with Gasteiger partial charge in [-0.15, -0.1) is 5.10 Å². The van der Waals surface area contributed by atoms with Crippen molar-refractivity contribution in [1.29, 1.82) is 0 Å². The van der Waals surface area contributed by atoms with E-state index in [1.807, 2.05) is 7.05 Å². The van der Waals surface area contributed by atoms with E-state index in [2.05, 4.69) is 26.2 Å². The highest BCUT2D eigenvalue weighted by Crippen LogP contribution is 2.31. The lowest BCUT2D eigenvalue weighted by Crippen LogP contribution is -2.33. The second-order valence-electron chi connectivity index (χ2n) is 3.56. The molecule has 1 N–H and O–H groups in total. The molecule has 1 aliphatic rings. The van der Waals surface area contributed by atoms with Gasteiger partial charge in [0.05, 0.1) is 11.8 Å². The first-order valence-corrected chi connectivity index (χ1v) is 5.20. The van der Waals surface area contributed by atoms with Gasteiger partial charge in [0.1, 0.15) is 0 Å². The van der Waals surface area contributed by atoms with Crippen molar-refractivity contribution in [1.82, 2.24) is 15.0 Å².